The van der Waals surface area contributed by atoms with Crippen molar-refractivity contribution in [1.29, 1.82) is 0 Å². The van der Waals surface area contributed by atoms with Crippen LogP contribution in [-0.4, -0.2) is 21.0 Å². The minimum atomic E-state index is -0.0848. The number of nitrogens with zero attached hydrogens (tertiary/aromatic N) is 2. The van der Waals surface area contributed by atoms with Gasteiger partial charge in [-0.05, 0) is 36.7 Å². The predicted octanol–water partition coefficient (Wildman–Crippen LogP) is 2.16. The molecule has 0 atom stereocenters. The zero-order valence-corrected chi connectivity index (χ0v) is 11.3. The second kappa shape index (κ2) is 5.83. The number of carbonyl (C=O) groups is 1. The van der Waals surface area contributed by atoms with Crippen molar-refractivity contribution in [2.24, 2.45) is 0 Å². The van der Waals surface area contributed by atoms with Gasteiger partial charge in [0.1, 0.15) is 5.82 Å². The molecule has 3 N–H and O–H groups in total. The van der Waals surface area contributed by atoms with Crippen molar-refractivity contribution in [3.8, 4) is 0 Å². The number of carbonyl (C=O) groups excluding carboxylic acids is 1. The third kappa shape index (κ3) is 3.71. The van der Waals surface area contributed by atoms with Crippen molar-refractivity contribution >= 4 is 40.6 Å². The number of rotatable bonds is 4. The summed E-state index contributed by atoms with van der Waals surface area (Å²) < 4.78 is 4.85. The number of hydrogen-bond acceptors (Lipinski definition) is 6. The van der Waals surface area contributed by atoms with Gasteiger partial charge in [-0.3, -0.25) is 4.79 Å². The highest BCUT2D eigenvalue weighted by atomic mass is 32.2. The molecular weight excluding hydrogens is 268 g/mol. The Bertz CT molecular complexity index is 555. The maximum Gasteiger partial charge on any atom is 0.234 e. The number of hydrogen-bond donors (Lipinski definition) is 2. The first-order chi connectivity index (χ1) is 8.63. The van der Waals surface area contributed by atoms with Crippen LogP contribution in [0.4, 0.5) is 11.4 Å². The second-order valence-corrected chi connectivity index (χ2v) is 5.54. The van der Waals surface area contributed by atoms with Crippen LogP contribution in [-0.2, 0) is 4.79 Å². The molecule has 0 saturated heterocycles. The molecular formula is C11H12N4OS2. The number of aryl methyl sites for hydroxylation is 1. The summed E-state index contributed by atoms with van der Waals surface area (Å²) in [6, 6.07) is 7.09. The number of nitrogens with two attached hydrogens (primary N) is 1. The lowest BCUT2D eigenvalue weighted by atomic mass is 10.3. The number of nitrogens with one attached hydrogen (secondary N) is 1. The standard InChI is InChI=1S/C11H12N4OS2/c1-7-13-11(18-15-7)17-6-10(16)14-9-4-2-3-8(12)5-9/h2-5H,6,12H2,1H3,(H,14,16). The third-order valence-electron chi connectivity index (χ3n) is 2.01. The number of anilines is 2. The fraction of sp³-hybridized carbons (Fsp3) is 0.182. The summed E-state index contributed by atoms with van der Waals surface area (Å²) in [5.74, 6) is 0.959. The number of amides is 1. The average molecular weight is 280 g/mol. The summed E-state index contributed by atoms with van der Waals surface area (Å²) >= 11 is 2.68. The number of benzene rings is 1. The van der Waals surface area contributed by atoms with Gasteiger partial charge in [0.15, 0.2) is 4.34 Å². The van der Waals surface area contributed by atoms with E-state index in [1.165, 1.54) is 23.3 Å². The van der Waals surface area contributed by atoms with E-state index in [1.54, 1.807) is 24.3 Å². The fourth-order valence-corrected chi connectivity index (χ4v) is 2.72. The second-order valence-electron chi connectivity index (χ2n) is 3.57. The summed E-state index contributed by atoms with van der Waals surface area (Å²) in [4.78, 5) is 15.9. The lowest BCUT2D eigenvalue weighted by Gasteiger charge is -2.04. The molecule has 2 rings (SSSR count). The first kappa shape index (κ1) is 12.8. The first-order valence-electron chi connectivity index (χ1n) is 5.22. The van der Waals surface area contributed by atoms with Gasteiger partial charge < -0.3 is 11.1 Å². The van der Waals surface area contributed by atoms with Gasteiger partial charge >= 0.3 is 0 Å². The molecule has 18 heavy (non-hydrogen) atoms. The molecule has 7 heteroatoms. The van der Waals surface area contributed by atoms with Crippen LogP contribution < -0.4 is 11.1 Å². The minimum Gasteiger partial charge on any atom is -0.399 e. The van der Waals surface area contributed by atoms with E-state index >= 15 is 0 Å². The lowest BCUT2D eigenvalue weighted by Crippen LogP contribution is -2.14. The molecule has 0 spiro atoms. The highest BCUT2D eigenvalue weighted by molar-refractivity contribution is 8.01. The highest BCUT2D eigenvalue weighted by Crippen LogP contribution is 2.20. The molecule has 1 aromatic carbocycles. The molecule has 0 bridgehead atoms. The molecule has 5 nitrogen and oxygen atoms in total. The van der Waals surface area contributed by atoms with Crippen LogP contribution in [0.2, 0.25) is 0 Å². The summed E-state index contributed by atoms with van der Waals surface area (Å²) in [6.45, 7) is 1.83. The Morgan fingerprint density at radius 1 is 1.56 bits per heavy atom. The normalized spacial score (nSPS) is 10.3. The summed E-state index contributed by atoms with van der Waals surface area (Å²) in [5, 5.41) is 2.78. The van der Waals surface area contributed by atoms with Gasteiger partial charge in [0.25, 0.3) is 0 Å². The van der Waals surface area contributed by atoms with Crippen molar-refractivity contribution in [3.05, 3.63) is 30.1 Å². The van der Waals surface area contributed by atoms with Gasteiger partial charge in [0, 0.05) is 11.4 Å². The van der Waals surface area contributed by atoms with E-state index in [9.17, 15) is 4.79 Å². The van der Waals surface area contributed by atoms with E-state index in [0.29, 0.717) is 17.1 Å². The summed E-state index contributed by atoms with van der Waals surface area (Å²) in [5.41, 5.74) is 6.96. The first-order valence-corrected chi connectivity index (χ1v) is 6.98. The van der Waals surface area contributed by atoms with Crippen molar-refractivity contribution in [3.63, 3.8) is 0 Å². The largest absolute Gasteiger partial charge is 0.399 e. The smallest absolute Gasteiger partial charge is 0.234 e. The van der Waals surface area contributed by atoms with Crippen LogP contribution in [0.5, 0.6) is 0 Å². The van der Waals surface area contributed by atoms with Crippen LogP contribution in [0, 0.1) is 6.92 Å². The van der Waals surface area contributed by atoms with E-state index in [-0.39, 0.29) is 5.91 Å². The fourth-order valence-electron chi connectivity index (χ4n) is 1.28. The summed E-state index contributed by atoms with van der Waals surface area (Å²) in [7, 11) is 0. The Morgan fingerprint density at radius 3 is 3.06 bits per heavy atom. The maximum absolute atomic E-state index is 11.7. The molecule has 2 aromatic rings. The van der Waals surface area contributed by atoms with Gasteiger partial charge in [-0.25, -0.2) is 4.98 Å². The van der Waals surface area contributed by atoms with Crippen LogP contribution in [0.25, 0.3) is 0 Å². The van der Waals surface area contributed by atoms with Crippen molar-refractivity contribution < 1.29 is 4.79 Å². The van der Waals surface area contributed by atoms with Gasteiger partial charge in [0.2, 0.25) is 5.91 Å². The Balaban J connectivity index is 1.85. The summed E-state index contributed by atoms with van der Waals surface area (Å²) in [6.07, 6.45) is 0. The lowest BCUT2D eigenvalue weighted by molar-refractivity contribution is -0.113. The average Bonchev–Trinajstić information content (AvgIpc) is 2.73. The van der Waals surface area contributed by atoms with Crippen molar-refractivity contribution in [2.75, 3.05) is 16.8 Å². The van der Waals surface area contributed by atoms with Gasteiger partial charge in [-0.15, -0.1) is 0 Å². The zero-order valence-electron chi connectivity index (χ0n) is 9.71. The van der Waals surface area contributed by atoms with E-state index in [2.05, 4.69) is 14.7 Å². The Kier molecular flexibility index (Phi) is 4.16. The predicted molar refractivity (Wildman–Crippen MR) is 74.9 cm³/mol. The number of thioether (sulfide) groups is 1. The van der Waals surface area contributed by atoms with E-state index in [1.807, 2.05) is 6.92 Å². The van der Waals surface area contributed by atoms with E-state index in [4.69, 9.17) is 5.73 Å². The van der Waals surface area contributed by atoms with Crippen molar-refractivity contribution in [2.45, 2.75) is 11.3 Å². The molecule has 94 valence electrons. The number of nitrogen functional groups attached to an aromatic ring is 1. The minimum absolute atomic E-state index is 0.0848. The SMILES string of the molecule is Cc1nsc(SCC(=O)Nc2cccc(N)c2)n1. The van der Waals surface area contributed by atoms with Crippen molar-refractivity contribution in [1.82, 2.24) is 9.36 Å². The highest BCUT2D eigenvalue weighted by Gasteiger charge is 2.06. The van der Waals surface area contributed by atoms with Gasteiger partial charge in [-0.2, -0.15) is 4.37 Å². The van der Waals surface area contributed by atoms with Crippen LogP contribution in [0.1, 0.15) is 5.82 Å². The molecule has 1 amide bonds. The van der Waals surface area contributed by atoms with Crippen LogP contribution in [0.15, 0.2) is 28.6 Å². The molecule has 0 radical (unpaired) electrons. The molecule has 0 aliphatic carbocycles. The topological polar surface area (TPSA) is 80.9 Å². The molecule has 1 heterocycles. The quantitative estimate of drug-likeness (QED) is 0.662. The molecule has 0 unspecified atom stereocenters. The Labute approximate surface area is 113 Å². The Hall–Kier alpha value is -1.60. The molecule has 1 aromatic heterocycles. The Morgan fingerprint density at radius 2 is 2.39 bits per heavy atom. The molecule has 0 aliphatic heterocycles. The maximum atomic E-state index is 11.7. The zero-order chi connectivity index (χ0) is 13.0. The van der Waals surface area contributed by atoms with E-state index < -0.39 is 0 Å². The van der Waals surface area contributed by atoms with Crippen LogP contribution >= 0.6 is 23.3 Å². The van der Waals surface area contributed by atoms with Gasteiger partial charge in [0.05, 0.1) is 5.75 Å². The van der Waals surface area contributed by atoms with E-state index in [0.717, 1.165) is 10.2 Å². The third-order valence-corrected chi connectivity index (χ3v) is 3.93. The molecule has 0 aliphatic rings. The monoisotopic (exact) mass is 280 g/mol. The number of aromatic nitrogens is 2. The molecule has 0 saturated carbocycles. The van der Waals surface area contributed by atoms with Crippen LogP contribution in [0.3, 0.4) is 0 Å². The molecule has 0 fully saturated rings. The van der Waals surface area contributed by atoms with Gasteiger partial charge in [-0.1, -0.05) is 17.8 Å².